The van der Waals surface area contributed by atoms with Crippen LogP contribution in [0.2, 0.25) is 0 Å². The van der Waals surface area contributed by atoms with Crippen LogP contribution in [-0.2, 0) is 14.2 Å². The lowest BCUT2D eigenvalue weighted by Crippen LogP contribution is -2.35. The molecule has 0 aromatic carbocycles. The molecule has 17 heavy (non-hydrogen) atoms. The maximum atomic E-state index is 8.77. The summed E-state index contributed by atoms with van der Waals surface area (Å²) in [4.78, 5) is 10.5. The molecule has 0 saturated carbocycles. The highest BCUT2D eigenvalue weighted by atomic mass is 17.0. The highest BCUT2D eigenvalue weighted by molar-refractivity contribution is 5.33. The highest BCUT2D eigenvalue weighted by Gasteiger charge is 2.24. The minimum absolute atomic E-state index is 0.0417. The number of aromatic nitrogens is 3. The van der Waals surface area contributed by atoms with Gasteiger partial charge in [0.1, 0.15) is 0 Å². The van der Waals surface area contributed by atoms with Crippen molar-refractivity contribution < 1.29 is 19.3 Å². The van der Waals surface area contributed by atoms with Crippen LogP contribution in [0.3, 0.4) is 0 Å². The van der Waals surface area contributed by atoms with Gasteiger partial charge in [0.15, 0.2) is 0 Å². The van der Waals surface area contributed by atoms with Gasteiger partial charge in [-0.15, -0.1) is 0 Å². The van der Waals surface area contributed by atoms with Crippen LogP contribution in [0.4, 0.5) is 17.8 Å². The van der Waals surface area contributed by atoms with Crippen molar-refractivity contribution in [2.75, 3.05) is 38.5 Å². The molecule has 0 aliphatic rings. The van der Waals surface area contributed by atoms with E-state index in [4.69, 9.17) is 22.3 Å². The molecule has 0 unspecified atom stereocenters. The molecule has 0 radical (unpaired) electrons. The molecule has 0 spiro atoms. The molecule has 0 atom stereocenters. The minimum atomic E-state index is -1.88. The lowest BCUT2D eigenvalue weighted by molar-refractivity contribution is -0.464. The van der Waals surface area contributed by atoms with Crippen LogP contribution >= 0.6 is 0 Å². The third kappa shape index (κ3) is 5.77. The number of aliphatic hydroxyl groups is 1. The van der Waals surface area contributed by atoms with Crippen LogP contribution in [0.1, 0.15) is 0 Å². The molecule has 10 heteroatoms. The standard InChI is InChI=1S/C4H10O4.C3H6N6/c1-6-4(5,7-2)8-3;4-1-7-2(5)9-3(6)8-1/h5H,1-3H3;(H6,4,5,6,7,8,9). The molecule has 0 saturated heterocycles. The van der Waals surface area contributed by atoms with E-state index in [2.05, 4.69) is 29.2 Å². The Hall–Kier alpha value is -1.75. The van der Waals surface area contributed by atoms with Crippen molar-refractivity contribution in [3.05, 3.63) is 0 Å². The number of nitrogens with zero attached hydrogens (tertiary/aromatic N) is 3. The lowest BCUT2D eigenvalue weighted by atomic mass is 10.9. The first kappa shape index (κ1) is 15.2. The zero-order valence-corrected chi connectivity index (χ0v) is 9.75. The van der Waals surface area contributed by atoms with Gasteiger partial charge in [-0.2, -0.15) is 15.0 Å². The van der Waals surface area contributed by atoms with Gasteiger partial charge in [0.25, 0.3) is 0 Å². The smallest absolute Gasteiger partial charge is 0.368 e. The summed E-state index contributed by atoms with van der Waals surface area (Å²) in [6.45, 7) is 0. The number of methoxy groups -OCH3 is 3. The Morgan fingerprint density at radius 3 is 1.18 bits per heavy atom. The predicted molar refractivity (Wildman–Crippen MR) is 59.0 cm³/mol. The quantitative estimate of drug-likeness (QED) is 0.446. The molecule has 0 aliphatic carbocycles. The van der Waals surface area contributed by atoms with Crippen LogP contribution in [0.25, 0.3) is 0 Å². The average Bonchev–Trinajstić information content (AvgIpc) is 2.27. The largest absolute Gasteiger partial charge is 0.409 e. The summed E-state index contributed by atoms with van der Waals surface area (Å²) < 4.78 is 13.0. The summed E-state index contributed by atoms with van der Waals surface area (Å²) in [5.74, 6) is 0.125. The van der Waals surface area contributed by atoms with Crippen molar-refractivity contribution in [2.45, 2.75) is 6.16 Å². The molecular formula is C7H16N6O4. The van der Waals surface area contributed by atoms with Crippen LogP contribution in [0.15, 0.2) is 0 Å². The number of anilines is 3. The van der Waals surface area contributed by atoms with Crippen molar-refractivity contribution >= 4 is 17.8 Å². The first-order chi connectivity index (χ1) is 7.86. The maximum absolute atomic E-state index is 8.77. The van der Waals surface area contributed by atoms with Crippen LogP contribution in [0, 0.1) is 0 Å². The second kappa shape index (κ2) is 6.75. The van der Waals surface area contributed by atoms with E-state index in [0.29, 0.717) is 0 Å². The van der Waals surface area contributed by atoms with Crippen LogP contribution in [0.5, 0.6) is 0 Å². The number of ether oxygens (including phenoxy) is 3. The van der Waals surface area contributed by atoms with Gasteiger partial charge in [0.2, 0.25) is 17.8 Å². The fraction of sp³-hybridized carbons (Fsp3) is 0.571. The normalized spacial score (nSPS) is 10.6. The third-order valence-corrected chi connectivity index (χ3v) is 1.46. The van der Waals surface area contributed by atoms with Crippen molar-refractivity contribution in [1.29, 1.82) is 0 Å². The van der Waals surface area contributed by atoms with Crippen LogP contribution in [-0.4, -0.2) is 47.5 Å². The number of rotatable bonds is 3. The Labute approximate surface area is 97.7 Å². The van der Waals surface area contributed by atoms with E-state index >= 15 is 0 Å². The monoisotopic (exact) mass is 248 g/mol. The van der Waals surface area contributed by atoms with Gasteiger partial charge in [-0.1, -0.05) is 0 Å². The van der Waals surface area contributed by atoms with Gasteiger partial charge in [0.05, 0.1) is 0 Å². The summed E-state index contributed by atoms with van der Waals surface area (Å²) in [5, 5.41) is 8.77. The van der Waals surface area contributed by atoms with E-state index < -0.39 is 6.16 Å². The minimum Gasteiger partial charge on any atom is -0.368 e. The molecule has 1 rings (SSSR count). The molecule has 98 valence electrons. The molecule has 0 aliphatic heterocycles. The van der Waals surface area contributed by atoms with E-state index in [1.807, 2.05) is 0 Å². The second-order valence-corrected chi connectivity index (χ2v) is 2.55. The Kier molecular flexibility index (Phi) is 6.06. The van der Waals surface area contributed by atoms with Gasteiger partial charge in [-0.3, -0.25) is 0 Å². The van der Waals surface area contributed by atoms with Gasteiger partial charge < -0.3 is 36.5 Å². The zero-order chi connectivity index (χ0) is 13.5. The van der Waals surface area contributed by atoms with Gasteiger partial charge in [-0.05, 0) is 0 Å². The van der Waals surface area contributed by atoms with E-state index in [1.54, 1.807) is 0 Å². The molecule has 7 N–H and O–H groups in total. The number of nitrogen functional groups attached to an aromatic ring is 3. The topological polar surface area (TPSA) is 165 Å². The number of nitrogens with two attached hydrogens (primary N) is 3. The van der Waals surface area contributed by atoms with Crippen LogP contribution < -0.4 is 17.2 Å². The summed E-state index contributed by atoms with van der Waals surface area (Å²) in [6.07, 6.45) is -1.88. The Bertz CT molecular complexity index is 286. The van der Waals surface area contributed by atoms with Gasteiger partial charge in [0, 0.05) is 21.3 Å². The first-order valence-corrected chi connectivity index (χ1v) is 4.27. The third-order valence-electron chi connectivity index (χ3n) is 1.46. The Morgan fingerprint density at radius 2 is 1.06 bits per heavy atom. The molecule has 1 aromatic heterocycles. The summed E-state index contributed by atoms with van der Waals surface area (Å²) >= 11 is 0. The Balaban J connectivity index is 0.000000304. The number of hydrogen-bond donors (Lipinski definition) is 4. The zero-order valence-electron chi connectivity index (χ0n) is 9.75. The molecular weight excluding hydrogens is 232 g/mol. The second-order valence-electron chi connectivity index (χ2n) is 2.55. The van der Waals surface area contributed by atoms with Crippen molar-refractivity contribution in [2.24, 2.45) is 0 Å². The van der Waals surface area contributed by atoms with E-state index in [1.165, 1.54) is 21.3 Å². The molecule has 0 bridgehead atoms. The fourth-order valence-electron chi connectivity index (χ4n) is 0.677. The molecule has 1 heterocycles. The lowest BCUT2D eigenvalue weighted by Gasteiger charge is -2.20. The van der Waals surface area contributed by atoms with E-state index in [9.17, 15) is 0 Å². The summed E-state index contributed by atoms with van der Waals surface area (Å²) in [6, 6.07) is 0. The van der Waals surface area contributed by atoms with Crippen molar-refractivity contribution in [3.8, 4) is 0 Å². The van der Waals surface area contributed by atoms with E-state index in [0.717, 1.165) is 0 Å². The molecule has 0 amide bonds. The molecule has 0 fully saturated rings. The van der Waals surface area contributed by atoms with Crippen molar-refractivity contribution in [3.63, 3.8) is 0 Å². The first-order valence-electron chi connectivity index (χ1n) is 4.27. The number of hydrogen-bond acceptors (Lipinski definition) is 10. The van der Waals surface area contributed by atoms with Crippen molar-refractivity contribution in [1.82, 2.24) is 15.0 Å². The summed E-state index contributed by atoms with van der Waals surface area (Å²) in [5.41, 5.74) is 15.4. The molecule has 1 aromatic rings. The average molecular weight is 248 g/mol. The Morgan fingerprint density at radius 1 is 0.824 bits per heavy atom. The van der Waals surface area contributed by atoms with E-state index in [-0.39, 0.29) is 17.8 Å². The fourth-order valence-corrected chi connectivity index (χ4v) is 0.677. The summed E-state index contributed by atoms with van der Waals surface area (Å²) in [7, 11) is 3.81. The molecule has 10 nitrogen and oxygen atoms in total. The maximum Gasteiger partial charge on any atom is 0.409 e. The van der Waals surface area contributed by atoms with Gasteiger partial charge >= 0.3 is 6.16 Å². The predicted octanol–water partition coefficient (Wildman–Crippen LogP) is -1.85. The highest BCUT2D eigenvalue weighted by Crippen LogP contribution is 2.04. The van der Waals surface area contributed by atoms with Gasteiger partial charge in [-0.25, -0.2) is 0 Å². The SMILES string of the molecule is COC(O)(OC)OC.Nc1nc(N)nc(N)n1.